The van der Waals surface area contributed by atoms with Crippen molar-refractivity contribution in [1.82, 2.24) is 9.88 Å². The highest BCUT2D eigenvalue weighted by atomic mass is 16.5. The van der Waals surface area contributed by atoms with Gasteiger partial charge in [-0.2, -0.15) is 0 Å². The van der Waals surface area contributed by atoms with Gasteiger partial charge in [-0.1, -0.05) is 18.2 Å². The number of oxazole rings is 1. The van der Waals surface area contributed by atoms with Crippen molar-refractivity contribution in [3.05, 3.63) is 60.0 Å². The molecule has 156 valence electrons. The second-order valence-electron chi connectivity index (χ2n) is 7.18. The van der Waals surface area contributed by atoms with E-state index in [1.165, 1.54) is 0 Å². The number of aromatic nitrogens is 1. The summed E-state index contributed by atoms with van der Waals surface area (Å²) in [5.41, 5.74) is 2.52. The van der Waals surface area contributed by atoms with E-state index < -0.39 is 0 Å². The lowest BCUT2D eigenvalue weighted by molar-refractivity contribution is -0.121. The first-order valence-electron chi connectivity index (χ1n) is 9.85. The highest BCUT2D eigenvalue weighted by Gasteiger charge is 2.26. The van der Waals surface area contributed by atoms with E-state index in [4.69, 9.17) is 13.9 Å². The third kappa shape index (κ3) is 4.02. The van der Waals surface area contributed by atoms with Crippen molar-refractivity contribution in [2.75, 3.05) is 38.8 Å². The van der Waals surface area contributed by atoms with Crippen LogP contribution in [0.1, 0.15) is 11.5 Å². The maximum atomic E-state index is 12.7. The zero-order valence-corrected chi connectivity index (χ0v) is 17.4. The number of rotatable bonds is 6. The van der Waals surface area contributed by atoms with Gasteiger partial charge in [0.05, 0.1) is 32.0 Å². The molecule has 0 radical (unpaired) electrons. The standard InChI is InChI=1S/C23H25N3O4/c1-16-20(24-23(30-16)19-10-9-18(28-2)13-21(19)29-3)14-25-11-12-26(22(27)15-25)17-7-5-4-6-8-17/h4-10,13H,11-12,14-15H2,1-3H3. The third-order valence-corrected chi connectivity index (χ3v) is 5.27. The zero-order valence-electron chi connectivity index (χ0n) is 17.4. The van der Waals surface area contributed by atoms with Gasteiger partial charge in [0.15, 0.2) is 0 Å². The SMILES string of the molecule is COc1ccc(-c2nc(CN3CCN(c4ccccc4)C(=O)C3)c(C)o2)c(OC)c1. The Balaban J connectivity index is 1.48. The molecule has 0 aliphatic carbocycles. The normalized spacial score (nSPS) is 14.8. The number of carbonyl (C=O) groups is 1. The van der Waals surface area contributed by atoms with Gasteiger partial charge in [0.1, 0.15) is 17.3 Å². The van der Waals surface area contributed by atoms with Crippen LogP contribution in [-0.2, 0) is 11.3 Å². The lowest BCUT2D eigenvalue weighted by atomic mass is 10.2. The van der Waals surface area contributed by atoms with Crippen LogP contribution < -0.4 is 14.4 Å². The molecule has 0 spiro atoms. The van der Waals surface area contributed by atoms with Crippen LogP contribution in [0.25, 0.3) is 11.5 Å². The summed E-state index contributed by atoms with van der Waals surface area (Å²) in [6, 6.07) is 15.3. The van der Waals surface area contributed by atoms with Crippen molar-refractivity contribution < 1.29 is 18.7 Å². The number of methoxy groups -OCH3 is 2. The first-order chi connectivity index (χ1) is 14.6. The Bertz CT molecular complexity index is 1030. The van der Waals surface area contributed by atoms with Crippen molar-refractivity contribution in [3.63, 3.8) is 0 Å². The number of piperazine rings is 1. The second-order valence-corrected chi connectivity index (χ2v) is 7.18. The molecule has 2 heterocycles. The number of para-hydroxylation sites is 1. The van der Waals surface area contributed by atoms with Crippen LogP contribution in [-0.4, -0.2) is 49.6 Å². The molecule has 1 amide bonds. The quantitative estimate of drug-likeness (QED) is 0.623. The minimum atomic E-state index is 0.0886. The van der Waals surface area contributed by atoms with E-state index in [0.717, 1.165) is 29.2 Å². The van der Waals surface area contributed by atoms with E-state index in [-0.39, 0.29) is 5.91 Å². The predicted octanol–water partition coefficient (Wildman–Crippen LogP) is 3.52. The van der Waals surface area contributed by atoms with Crippen LogP contribution in [0.15, 0.2) is 52.9 Å². The van der Waals surface area contributed by atoms with Crippen LogP contribution in [0, 0.1) is 6.92 Å². The molecule has 4 rings (SSSR count). The molecule has 7 nitrogen and oxygen atoms in total. The van der Waals surface area contributed by atoms with Gasteiger partial charge >= 0.3 is 0 Å². The number of ether oxygens (including phenoxy) is 2. The maximum Gasteiger partial charge on any atom is 0.241 e. The minimum Gasteiger partial charge on any atom is -0.497 e. The average Bonchev–Trinajstić information content (AvgIpc) is 3.13. The highest BCUT2D eigenvalue weighted by molar-refractivity contribution is 5.95. The molecule has 1 aromatic heterocycles. The topological polar surface area (TPSA) is 68.0 Å². The van der Waals surface area contributed by atoms with Gasteiger partial charge in [-0.3, -0.25) is 9.69 Å². The molecular weight excluding hydrogens is 382 g/mol. The van der Waals surface area contributed by atoms with Crippen LogP contribution in [0.5, 0.6) is 11.5 Å². The molecule has 7 heteroatoms. The molecule has 3 aromatic rings. The second kappa shape index (κ2) is 8.59. The molecule has 1 aliphatic rings. The van der Waals surface area contributed by atoms with Crippen LogP contribution in [0.3, 0.4) is 0 Å². The van der Waals surface area contributed by atoms with Gasteiger partial charge in [-0.25, -0.2) is 4.98 Å². The molecule has 0 atom stereocenters. The predicted molar refractivity (Wildman–Crippen MR) is 114 cm³/mol. The van der Waals surface area contributed by atoms with Gasteiger partial charge in [-0.15, -0.1) is 0 Å². The van der Waals surface area contributed by atoms with Gasteiger partial charge in [-0.05, 0) is 31.2 Å². The Kier molecular flexibility index (Phi) is 5.72. The van der Waals surface area contributed by atoms with Gasteiger partial charge in [0, 0.05) is 31.4 Å². The van der Waals surface area contributed by atoms with Gasteiger partial charge < -0.3 is 18.8 Å². The van der Waals surface area contributed by atoms with Gasteiger partial charge in [0.25, 0.3) is 0 Å². The molecular formula is C23H25N3O4. The lowest BCUT2D eigenvalue weighted by Crippen LogP contribution is -2.50. The molecule has 0 N–H and O–H groups in total. The summed E-state index contributed by atoms with van der Waals surface area (Å²) in [6.45, 7) is 4.22. The summed E-state index contributed by atoms with van der Waals surface area (Å²) in [6.07, 6.45) is 0. The lowest BCUT2D eigenvalue weighted by Gasteiger charge is -2.34. The number of amides is 1. The summed E-state index contributed by atoms with van der Waals surface area (Å²) in [4.78, 5) is 21.3. The summed E-state index contributed by atoms with van der Waals surface area (Å²) >= 11 is 0. The fourth-order valence-electron chi connectivity index (χ4n) is 3.61. The van der Waals surface area contributed by atoms with E-state index in [1.54, 1.807) is 20.3 Å². The van der Waals surface area contributed by atoms with Crippen molar-refractivity contribution in [2.24, 2.45) is 0 Å². The van der Waals surface area contributed by atoms with E-state index in [2.05, 4.69) is 9.88 Å². The van der Waals surface area contributed by atoms with E-state index in [1.807, 2.05) is 54.3 Å². The van der Waals surface area contributed by atoms with Gasteiger partial charge in [0.2, 0.25) is 11.8 Å². The Morgan fingerprint density at radius 2 is 1.87 bits per heavy atom. The van der Waals surface area contributed by atoms with Crippen LogP contribution in [0.2, 0.25) is 0 Å². The summed E-state index contributed by atoms with van der Waals surface area (Å²) in [7, 11) is 3.22. The number of hydrogen-bond acceptors (Lipinski definition) is 6. The van der Waals surface area contributed by atoms with Crippen LogP contribution >= 0.6 is 0 Å². The molecule has 2 aromatic carbocycles. The molecule has 0 saturated carbocycles. The smallest absolute Gasteiger partial charge is 0.241 e. The zero-order chi connectivity index (χ0) is 21.1. The van der Waals surface area contributed by atoms with Crippen molar-refractivity contribution >= 4 is 11.6 Å². The Labute approximate surface area is 175 Å². The maximum absolute atomic E-state index is 12.7. The summed E-state index contributed by atoms with van der Waals surface area (Å²) in [5, 5.41) is 0. The largest absolute Gasteiger partial charge is 0.497 e. The molecule has 0 unspecified atom stereocenters. The van der Waals surface area contributed by atoms with E-state index in [9.17, 15) is 4.79 Å². The monoisotopic (exact) mass is 407 g/mol. The Morgan fingerprint density at radius 1 is 1.07 bits per heavy atom. The number of benzene rings is 2. The highest BCUT2D eigenvalue weighted by Crippen LogP contribution is 2.34. The molecule has 1 fully saturated rings. The number of anilines is 1. The van der Waals surface area contributed by atoms with Crippen LogP contribution in [0.4, 0.5) is 5.69 Å². The Morgan fingerprint density at radius 3 is 2.57 bits per heavy atom. The Hall–Kier alpha value is -3.32. The summed E-state index contributed by atoms with van der Waals surface area (Å²) < 4.78 is 16.6. The average molecular weight is 407 g/mol. The molecule has 1 aliphatic heterocycles. The van der Waals surface area contributed by atoms with Crippen molar-refractivity contribution in [2.45, 2.75) is 13.5 Å². The molecule has 30 heavy (non-hydrogen) atoms. The fourth-order valence-corrected chi connectivity index (χ4v) is 3.61. The third-order valence-electron chi connectivity index (χ3n) is 5.27. The van der Waals surface area contributed by atoms with E-state index >= 15 is 0 Å². The first kappa shape index (κ1) is 20.0. The summed E-state index contributed by atoms with van der Waals surface area (Å²) in [5.74, 6) is 2.66. The number of carbonyl (C=O) groups excluding carboxylic acids is 1. The van der Waals surface area contributed by atoms with Crippen molar-refractivity contribution in [1.29, 1.82) is 0 Å². The number of nitrogens with zero attached hydrogens (tertiary/aromatic N) is 3. The fraction of sp³-hybridized carbons (Fsp3) is 0.304. The van der Waals surface area contributed by atoms with E-state index in [0.29, 0.717) is 37.0 Å². The number of aryl methyl sites for hydroxylation is 1. The minimum absolute atomic E-state index is 0.0886. The number of hydrogen-bond donors (Lipinski definition) is 0. The molecule has 0 bridgehead atoms. The first-order valence-corrected chi connectivity index (χ1v) is 9.85. The van der Waals surface area contributed by atoms with Crippen molar-refractivity contribution in [3.8, 4) is 23.0 Å². The molecule has 1 saturated heterocycles.